The van der Waals surface area contributed by atoms with Crippen molar-refractivity contribution in [1.82, 2.24) is 10.2 Å². The summed E-state index contributed by atoms with van der Waals surface area (Å²) in [7, 11) is -3.85. The Morgan fingerprint density at radius 1 is 0.974 bits per heavy atom. The summed E-state index contributed by atoms with van der Waals surface area (Å²) < 4.78 is 42.2. The average Bonchev–Trinajstić information content (AvgIpc) is 2.91. The first-order chi connectivity index (χ1) is 18.6. The van der Waals surface area contributed by atoms with Crippen molar-refractivity contribution in [2.24, 2.45) is 0 Å². The number of rotatable bonds is 13. The maximum Gasteiger partial charge on any atom is 0.244 e. The zero-order chi connectivity index (χ0) is 28.4. The monoisotopic (exact) mass is 665 g/mol. The van der Waals surface area contributed by atoms with Crippen molar-refractivity contribution >= 4 is 50.1 Å². The molecule has 1 N–H and O–H groups in total. The molecule has 0 radical (unpaired) electrons. The van der Waals surface area contributed by atoms with Crippen LogP contribution >= 0.6 is 22.6 Å². The highest BCUT2D eigenvalue weighted by atomic mass is 127. The minimum Gasteiger partial charge on any atom is -0.354 e. The molecule has 3 aromatic rings. The number of carbonyl (C=O) groups is 2. The molecule has 0 unspecified atom stereocenters. The number of anilines is 1. The molecule has 0 saturated carbocycles. The lowest BCUT2D eigenvalue weighted by atomic mass is 10.0. The summed E-state index contributed by atoms with van der Waals surface area (Å²) >= 11 is 2.11. The Hall–Kier alpha value is -2.99. The van der Waals surface area contributed by atoms with Gasteiger partial charge in [-0.05, 0) is 64.9 Å². The number of nitrogens with zero attached hydrogens (tertiary/aromatic N) is 2. The number of nitrogens with one attached hydrogen (secondary N) is 1. The van der Waals surface area contributed by atoms with E-state index in [1.807, 2.05) is 37.3 Å². The van der Waals surface area contributed by atoms with Crippen LogP contribution in [0.1, 0.15) is 30.9 Å². The molecule has 0 aliphatic heterocycles. The van der Waals surface area contributed by atoms with Crippen LogP contribution in [-0.4, -0.2) is 50.5 Å². The number of unbranched alkanes of at least 4 members (excludes halogenated alkanes) is 1. The third-order valence-corrected chi connectivity index (χ3v) is 8.05. The zero-order valence-electron chi connectivity index (χ0n) is 22.0. The number of carbonyl (C=O) groups excluding carboxylic acids is 2. The molecule has 0 aliphatic rings. The second kappa shape index (κ2) is 14.4. The standard InChI is InChI=1S/C29H33FIN3O4S/c1-3-4-18-32-29(36)27(19-22-10-6-5-7-11-22)33(20-23-12-8-9-13-26(23)30)28(35)21-34(39(2,37)38)25-16-14-24(31)15-17-25/h5-17,27H,3-4,18-21H2,1-2H3,(H,32,36)/t27-/m1/s1. The number of benzene rings is 3. The summed E-state index contributed by atoms with van der Waals surface area (Å²) in [6.45, 7) is 1.70. The van der Waals surface area contributed by atoms with Crippen LogP contribution in [0.15, 0.2) is 78.9 Å². The molecule has 208 valence electrons. The van der Waals surface area contributed by atoms with Crippen molar-refractivity contribution in [2.75, 3.05) is 23.7 Å². The largest absolute Gasteiger partial charge is 0.354 e. The normalized spacial score (nSPS) is 12.0. The quantitative estimate of drug-likeness (QED) is 0.211. The first-order valence-corrected chi connectivity index (χ1v) is 15.6. The Balaban J connectivity index is 2.03. The fraction of sp³-hybridized carbons (Fsp3) is 0.310. The third-order valence-electron chi connectivity index (χ3n) is 6.19. The van der Waals surface area contributed by atoms with Crippen LogP contribution < -0.4 is 9.62 Å². The van der Waals surface area contributed by atoms with E-state index in [9.17, 15) is 22.4 Å². The van der Waals surface area contributed by atoms with E-state index in [2.05, 4.69) is 27.9 Å². The van der Waals surface area contributed by atoms with Gasteiger partial charge in [-0.15, -0.1) is 0 Å². The second-order valence-corrected chi connectivity index (χ2v) is 12.4. The molecule has 39 heavy (non-hydrogen) atoms. The number of sulfonamides is 1. The smallest absolute Gasteiger partial charge is 0.244 e. The predicted molar refractivity (Wildman–Crippen MR) is 160 cm³/mol. The molecule has 0 spiro atoms. The van der Waals surface area contributed by atoms with Gasteiger partial charge < -0.3 is 10.2 Å². The van der Waals surface area contributed by atoms with E-state index in [-0.39, 0.29) is 24.4 Å². The average molecular weight is 666 g/mol. The van der Waals surface area contributed by atoms with Crippen molar-refractivity contribution in [1.29, 1.82) is 0 Å². The molecule has 0 bridgehead atoms. The molecule has 0 fully saturated rings. The van der Waals surface area contributed by atoms with E-state index in [1.165, 1.54) is 11.0 Å². The predicted octanol–water partition coefficient (Wildman–Crippen LogP) is 4.75. The van der Waals surface area contributed by atoms with Gasteiger partial charge >= 0.3 is 0 Å². The Bertz CT molecular complexity index is 1350. The number of amides is 2. The van der Waals surface area contributed by atoms with E-state index in [0.717, 1.165) is 32.5 Å². The fourth-order valence-corrected chi connectivity index (χ4v) is 5.30. The second-order valence-electron chi connectivity index (χ2n) is 9.21. The number of hydrogen-bond donors (Lipinski definition) is 1. The van der Waals surface area contributed by atoms with E-state index >= 15 is 0 Å². The Morgan fingerprint density at radius 2 is 1.62 bits per heavy atom. The minimum atomic E-state index is -3.85. The van der Waals surface area contributed by atoms with E-state index in [4.69, 9.17) is 0 Å². The first-order valence-electron chi connectivity index (χ1n) is 12.7. The van der Waals surface area contributed by atoms with Crippen molar-refractivity contribution in [2.45, 2.75) is 38.8 Å². The highest BCUT2D eigenvalue weighted by Gasteiger charge is 2.33. The summed E-state index contributed by atoms with van der Waals surface area (Å²) in [4.78, 5) is 28.7. The van der Waals surface area contributed by atoms with Crippen molar-refractivity contribution < 1.29 is 22.4 Å². The fourth-order valence-electron chi connectivity index (χ4n) is 4.09. The third kappa shape index (κ3) is 9.03. The topological polar surface area (TPSA) is 86.8 Å². The summed E-state index contributed by atoms with van der Waals surface area (Å²) in [5, 5.41) is 2.90. The Labute approximate surface area is 243 Å². The maximum atomic E-state index is 14.8. The van der Waals surface area contributed by atoms with Gasteiger partial charge in [-0.1, -0.05) is 61.9 Å². The molecule has 2 amide bonds. The first kappa shape index (κ1) is 30.6. The molecule has 7 nitrogen and oxygen atoms in total. The Kier molecular flexibility index (Phi) is 11.3. The molecular formula is C29H33FIN3O4S. The molecule has 0 saturated heterocycles. The van der Waals surface area contributed by atoms with E-state index in [1.54, 1.807) is 42.5 Å². The molecule has 0 aromatic heterocycles. The van der Waals surface area contributed by atoms with Crippen LogP contribution in [0.25, 0.3) is 0 Å². The van der Waals surface area contributed by atoms with Crippen molar-refractivity contribution in [3.8, 4) is 0 Å². The summed E-state index contributed by atoms with van der Waals surface area (Å²) in [6, 6.07) is 21.0. The minimum absolute atomic E-state index is 0.182. The lowest BCUT2D eigenvalue weighted by Gasteiger charge is -2.33. The lowest BCUT2D eigenvalue weighted by molar-refractivity contribution is -0.140. The lowest BCUT2D eigenvalue weighted by Crippen LogP contribution is -2.53. The van der Waals surface area contributed by atoms with E-state index in [0.29, 0.717) is 12.2 Å². The molecule has 0 heterocycles. The highest BCUT2D eigenvalue weighted by molar-refractivity contribution is 14.1. The molecule has 10 heteroatoms. The SMILES string of the molecule is CCCCNC(=O)[C@@H](Cc1ccccc1)N(Cc1ccccc1F)C(=O)CN(c1ccc(I)cc1)S(C)(=O)=O. The van der Waals surface area contributed by atoms with Crippen molar-refractivity contribution in [3.05, 3.63) is 99.4 Å². The molecule has 0 aliphatic carbocycles. The van der Waals surface area contributed by atoms with Crippen LogP contribution in [-0.2, 0) is 32.6 Å². The molecular weight excluding hydrogens is 632 g/mol. The Morgan fingerprint density at radius 3 is 2.23 bits per heavy atom. The van der Waals surface area contributed by atoms with Crippen LogP contribution in [0.2, 0.25) is 0 Å². The highest BCUT2D eigenvalue weighted by Crippen LogP contribution is 2.22. The van der Waals surface area contributed by atoms with Gasteiger partial charge in [-0.2, -0.15) is 0 Å². The van der Waals surface area contributed by atoms with Crippen molar-refractivity contribution in [3.63, 3.8) is 0 Å². The summed E-state index contributed by atoms with van der Waals surface area (Å²) in [6.07, 6.45) is 2.85. The molecule has 1 atom stereocenters. The van der Waals surface area contributed by atoms with E-state index < -0.39 is 34.3 Å². The number of halogens is 2. The number of hydrogen-bond acceptors (Lipinski definition) is 4. The van der Waals surface area contributed by atoms with Crippen LogP contribution in [0.5, 0.6) is 0 Å². The van der Waals surface area contributed by atoms with Gasteiger partial charge in [-0.3, -0.25) is 13.9 Å². The zero-order valence-corrected chi connectivity index (χ0v) is 25.0. The molecule has 3 aromatic carbocycles. The van der Waals surface area contributed by atoms with Gasteiger partial charge in [-0.25, -0.2) is 12.8 Å². The van der Waals surface area contributed by atoms with Gasteiger partial charge in [0, 0.05) is 28.6 Å². The van der Waals surface area contributed by atoms with Gasteiger partial charge in [0.1, 0.15) is 18.4 Å². The maximum absolute atomic E-state index is 14.8. The summed E-state index contributed by atoms with van der Waals surface area (Å²) in [5.74, 6) is -1.51. The van der Waals surface area contributed by atoms with Crippen LogP contribution in [0.4, 0.5) is 10.1 Å². The molecule has 3 rings (SSSR count). The van der Waals surface area contributed by atoms with Crippen LogP contribution in [0.3, 0.4) is 0 Å². The van der Waals surface area contributed by atoms with Gasteiger partial charge in [0.05, 0.1) is 11.9 Å². The summed E-state index contributed by atoms with van der Waals surface area (Å²) in [5.41, 5.74) is 1.37. The van der Waals surface area contributed by atoms with Gasteiger partial charge in [0.25, 0.3) is 0 Å². The van der Waals surface area contributed by atoms with Crippen LogP contribution in [0, 0.1) is 9.39 Å². The van der Waals surface area contributed by atoms with Gasteiger partial charge in [0.2, 0.25) is 21.8 Å². The van der Waals surface area contributed by atoms with Gasteiger partial charge in [0.15, 0.2) is 0 Å².